The van der Waals surface area contributed by atoms with Gasteiger partial charge in [-0.2, -0.15) is 0 Å². The topological polar surface area (TPSA) is 59.9 Å². The molecule has 114 valence electrons. The van der Waals surface area contributed by atoms with Crippen LogP contribution >= 0.6 is 15.9 Å². The highest BCUT2D eigenvalue weighted by atomic mass is 79.9. The highest BCUT2D eigenvalue weighted by Crippen LogP contribution is 2.34. The van der Waals surface area contributed by atoms with E-state index in [1.807, 2.05) is 22.8 Å². The highest BCUT2D eigenvalue weighted by Gasteiger charge is 2.28. The predicted octanol–water partition coefficient (Wildman–Crippen LogP) is 3.38. The van der Waals surface area contributed by atoms with Gasteiger partial charge in [0.1, 0.15) is 0 Å². The Morgan fingerprint density at radius 1 is 1.41 bits per heavy atom. The second kappa shape index (κ2) is 5.21. The molecular formula is C16H16BrN3O2. The molecule has 1 aromatic carbocycles. The molecule has 2 heterocycles. The van der Waals surface area contributed by atoms with Crippen LogP contribution in [0, 0.1) is 0 Å². The van der Waals surface area contributed by atoms with Gasteiger partial charge >= 0.3 is 5.69 Å². The summed E-state index contributed by atoms with van der Waals surface area (Å²) in [6.45, 7) is 0. The van der Waals surface area contributed by atoms with Crippen molar-refractivity contribution in [2.24, 2.45) is 0 Å². The monoisotopic (exact) mass is 361 g/mol. The summed E-state index contributed by atoms with van der Waals surface area (Å²) < 4.78 is 8.33. The van der Waals surface area contributed by atoms with Crippen LogP contribution in [0.25, 0.3) is 21.9 Å². The van der Waals surface area contributed by atoms with Crippen molar-refractivity contribution in [2.45, 2.75) is 31.4 Å². The molecule has 3 aromatic rings. The maximum atomic E-state index is 12.5. The minimum Gasteiger partial charge on any atom is -0.381 e. The Bertz CT molecular complexity index is 915. The summed E-state index contributed by atoms with van der Waals surface area (Å²) in [5.74, 6) is 0. The van der Waals surface area contributed by atoms with Crippen molar-refractivity contribution in [1.82, 2.24) is 14.5 Å². The van der Waals surface area contributed by atoms with E-state index in [-0.39, 0.29) is 17.8 Å². The number of nitrogens with one attached hydrogen (secondary N) is 1. The lowest BCUT2D eigenvalue weighted by atomic mass is 10.1. The van der Waals surface area contributed by atoms with Crippen LogP contribution in [-0.2, 0) is 4.74 Å². The number of hydrogen-bond acceptors (Lipinski definition) is 3. The normalized spacial score (nSPS) is 21.9. The number of ether oxygens (including phenoxy) is 1. The first-order chi connectivity index (χ1) is 10.7. The number of aromatic amines is 1. The lowest BCUT2D eigenvalue weighted by molar-refractivity contribution is 0.106. The molecule has 22 heavy (non-hydrogen) atoms. The quantitative estimate of drug-likeness (QED) is 0.760. The highest BCUT2D eigenvalue weighted by molar-refractivity contribution is 9.10. The Kier molecular flexibility index (Phi) is 3.31. The Labute approximate surface area is 135 Å². The number of benzene rings is 1. The first-order valence-corrected chi connectivity index (χ1v) is 8.18. The molecule has 4 rings (SSSR count). The number of H-pyrrole nitrogens is 1. The van der Waals surface area contributed by atoms with E-state index in [4.69, 9.17) is 4.74 Å². The number of rotatable bonds is 2. The molecule has 0 radical (unpaired) electrons. The van der Waals surface area contributed by atoms with Gasteiger partial charge in [-0.25, -0.2) is 4.79 Å². The number of methoxy groups -OCH3 is 1. The number of fused-ring (bicyclic) bond motifs is 3. The summed E-state index contributed by atoms with van der Waals surface area (Å²) in [6.07, 6.45) is 4.81. The van der Waals surface area contributed by atoms with Gasteiger partial charge in [-0.1, -0.05) is 15.9 Å². The van der Waals surface area contributed by atoms with Gasteiger partial charge in [-0.3, -0.25) is 9.55 Å². The Hall–Kier alpha value is -1.66. The SMILES string of the molecule is CO[C@@H]1CC[C@@H](n2c(=O)[nH]c3cnc4ccc(Br)cc4c32)C1. The van der Waals surface area contributed by atoms with E-state index in [0.717, 1.165) is 45.7 Å². The smallest absolute Gasteiger partial charge is 0.326 e. The Balaban J connectivity index is 1.99. The molecule has 0 spiro atoms. The van der Waals surface area contributed by atoms with Gasteiger partial charge in [0.15, 0.2) is 0 Å². The number of imidazole rings is 1. The van der Waals surface area contributed by atoms with Gasteiger partial charge in [-0.15, -0.1) is 0 Å². The second-order valence-electron chi connectivity index (χ2n) is 5.81. The van der Waals surface area contributed by atoms with E-state index in [2.05, 4.69) is 25.9 Å². The predicted molar refractivity (Wildman–Crippen MR) is 89.2 cm³/mol. The maximum absolute atomic E-state index is 12.5. The zero-order valence-corrected chi connectivity index (χ0v) is 13.8. The lowest BCUT2D eigenvalue weighted by Crippen LogP contribution is -2.21. The summed E-state index contributed by atoms with van der Waals surface area (Å²) >= 11 is 3.51. The first kappa shape index (κ1) is 14.0. The van der Waals surface area contributed by atoms with Gasteiger partial charge in [0.25, 0.3) is 0 Å². The van der Waals surface area contributed by atoms with Crippen LogP contribution in [0.4, 0.5) is 0 Å². The fourth-order valence-electron chi connectivity index (χ4n) is 3.49. The van der Waals surface area contributed by atoms with Crippen molar-refractivity contribution < 1.29 is 4.74 Å². The lowest BCUT2D eigenvalue weighted by Gasteiger charge is -2.13. The van der Waals surface area contributed by atoms with Crippen molar-refractivity contribution in [3.8, 4) is 0 Å². The summed E-state index contributed by atoms with van der Waals surface area (Å²) in [4.78, 5) is 19.8. The van der Waals surface area contributed by atoms with Crippen molar-refractivity contribution in [3.63, 3.8) is 0 Å². The largest absolute Gasteiger partial charge is 0.381 e. The summed E-state index contributed by atoms with van der Waals surface area (Å²) in [6, 6.07) is 6.13. The Morgan fingerprint density at radius 2 is 2.27 bits per heavy atom. The molecule has 0 aliphatic heterocycles. The molecule has 0 bridgehead atoms. The number of pyridine rings is 1. The average Bonchev–Trinajstić information content (AvgIpc) is 3.10. The molecule has 1 saturated carbocycles. The minimum atomic E-state index is -0.0639. The number of halogens is 1. The van der Waals surface area contributed by atoms with Crippen molar-refractivity contribution in [1.29, 1.82) is 0 Å². The van der Waals surface area contributed by atoms with Gasteiger partial charge in [0.2, 0.25) is 0 Å². The minimum absolute atomic E-state index is 0.0639. The number of aromatic nitrogens is 3. The molecule has 1 aliphatic carbocycles. The molecule has 1 aliphatic rings. The average molecular weight is 362 g/mol. The molecule has 1 N–H and O–H groups in total. The summed E-state index contributed by atoms with van der Waals surface area (Å²) in [7, 11) is 1.74. The molecule has 2 aromatic heterocycles. The van der Waals surface area contributed by atoms with E-state index in [1.165, 1.54) is 0 Å². The third-order valence-corrected chi connectivity index (χ3v) is 5.05. The van der Waals surface area contributed by atoms with Gasteiger partial charge in [0.05, 0.1) is 28.9 Å². The molecular weight excluding hydrogens is 346 g/mol. The van der Waals surface area contributed by atoms with Crippen LogP contribution in [-0.4, -0.2) is 27.7 Å². The third-order valence-electron chi connectivity index (χ3n) is 4.56. The number of nitrogens with zero attached hydrogens (tertiary/aromatic N) is 2. The van der Waals surface area contributed by atoms with Crippen molar-refractivity contribution >= 4 is 37.9 Å². The molecule has 0 saturated heterocycles. The standard InChI is InChI=1S/C16H16BrN3O2/c1-22-11-4-3-10(7-11)20-15-12-6-9(17)2-5-13(12)18-8-14(15)19-16(20)21/h2,5-6,8,10-11H,3-4,7H2,1H3,(H,19,21)/t10-,11-/m1/s1. The second-order valence-corrected chi connectivity index (χ2v) is 6.72. The molecule has 0 unspecified atom stereocenters. The summed E-state index contributed by atoms with van der Waals surface area (Å²) in [5, 5.41) is 0.992. The zero-order valence-electron chi connectivity index (χ0n) is 12.2. The van der Waals surface area contributed by atoms with Gasteiger partial charge in [0, 0.05) is 23.0 Å². The molecule has 5 nitrogen and oxygen atoms in total. The zero-order chi connectivity index (χ0) is 15.3. The van der Waals surface area contributed by atoms with Gasteiger partial charge in [-0.05, 0) is 37.5 Å². The van der Waals surface area contributed by atoms with E-state index in [1.54, 1.807) is 13.3 Å². The molecule has 2 atom stereocenters. The van der Waals surface area contributed by atoms with Crippen LogP contribution in [0.2, 0.25) is 0 Å². The van der Waals surface area contributed by atoms with E-state index in [9.17, 15) is 4.79 Å². The molecule has 0 amide bonds. The fourth-order valence-corrected chi connectivity index (χ4v) is 3.85. The fraction of sp³-hybridized carbons (Fsp3) is 0.375. The maximum Gasteiger partial charge on any atom is 0.326 e. The van der Waals surface area contributed by atoms with Crippen molar-refractivity contribution in [3.05, 3.63) is 39.4 Å². The third kappa shape index (κ3) is 2.09. The van der Waals surface area contributed by atoms with E-state index < -0.39 is 0 Å². The van der Waals surface area contributed by atoms with E-state index in [0.29, 0.717) is 0 Å². The van der Waals surface area contributed by atoms with E-state index >= 15 is 0 Å². The van der Waals surface area contributed by atoms with Crippen molar-refractivity contribution in [2.75, 3.05) is 7.11 Å². The summed E-state index contributed by atoms with van der Waals surface area (Å²) in [5.41, 5.74) is 2.56. The molecule has 1 fully saturated rings. The Morgan fingerprint density at radius 3 is 3.05 bits per heavy atom. The number of hydrogen-bond donors (Lipinski definition) is 1. The van der Waals surface area contributed by atoms with Crippen LogP contribution in [0.1, 0.15) is 25.3 Å². The van der Waals surface area contributed by atoms with Gasteiger partial charge < -0.3 is 9.72 Å². The van der Waals surface area contributed by atoms with Crippen LogP contribution < -0.4 is 5.69 Å². The van der Waals surface area contributed by atoms with Crippen LogP contribution in [0.5, 0.6) is 0 Å². The van der Waals surface area contributed by atoms with Crippen LogP contribution in [0.3, 0.4) is 0 Å². The molecule has 6 heteroatoms. The van der Waals surface area contributed by atoms with Crippen LogP contribution in [0.15, 0.2) is 33.7 Å². The first-order valence-electron chi connectivity index (χ1n) is 7.38.